The van der Waals surface area contributed by atoms with E-state index in [9.17, 15) is 18.4 Å². The second-order valence-electron chi connectivity index (χ2n) is 11.9. The number of hydrogen-bond acceptors (Lipinski definition) is 9. The maximum Gasteiger partial charge on any atom is 0.321 e. The predicted molar refractivity (Wildman–Crippen MR) is 170 cm³/mol. The maximum absolute atomic E-state index is 14.9. The number of carbonyl (C=O) groups excluding carboxylic acids is 2. The fourth-order valence-corrected chi connectivity index (χ4v) is 7.38. The molecular formula is C30H33F2N7O3S2. The van der Waals surface area contributed by atoms with E-state index in [-0.39, 0.29) is 56.6 Å². The zero-order valence-electron chi connectivity index (χ0n) is 24.8. The summed E-state index contributed by atoms with van der Waals surface area (Å²) < 4.78 is 34.7. The third kappa shape index (κ3) is 7.14. The molecule has 1 saturated heterocycles. The second-order valence-corrected chi connectivity index (χ2v) is 13.7. The molecule has 4 aromatic rings. The number of nitrogen functional groups attached to an aromatic ring is 1. The number of amides is 3. The summed E-state index contributed by atoms with van der Waals surface area (Å²) in [5.41, 5.74) is 6.14. The minimum Gasteiger partial charge on any atom is -0.497 e. The Morgan fingerprint density at radius 2 is 1.77 bits per heavy atom. The number of aromatic nitrogens is 2. The molecule has 0 atom stereocenters. The summed E-state index contributed by atoms with van der Waals surface area (Å²) in [7, 11) is 1.47. The van der Waals surface area contributed by atoms with Crippen molar-refractivity contribution in [3.63, 3.8) is 0 Å². The van der Waals surface area contributed by atoms with Gasteiger partial charge < -0.3 is 26.4 Å². The Balaban J connectivity index is 1.30. The lowest BCUT2D eigenvalue weighted by Crippen LogP contribution is -2.62. The molecule has 10 nitrogen and oxygen atoms in total. The molecule has 0 unspecified atom stereocenters. The number of nitrogens with two attached hydrogens (primary N) is 1. The van der Waals surface area contributed by atoms with Gasteiger partial charge in [-0.1, -0.05) is 17.4 Å². The number of carbonyl (C=O) groups is 2. The van der Waals surface area contributed by atoms with Crippen LogP contribution in [-0.4, -0.2) is 46.1 Å². The first-order valence-corrected chi connectivity index (χ1v) is 15.5. The third-order valence-corrected chi connectivity index (χ3v) is 8.99. The lowest BCUT2D eigenvalue weighted by atomic mass is 9.80. The smallest absolute Gasteiger partial charge is 0.321 e. The quantitative estimate of drug-likeness (QED) is 0.155. The van der Waals surface area contributed by atoms with Crippen molar-refractivity contribution < 1.29 is 23.1 Å². The number of nitrogens with one attached hydrogen (secondary N) is 4. The lowest BCUT2D eigenvalue weighted by molar-refractivity contribution is 0.102. The number of urea groups is 1. The molecule has 3 amide bonds. The standard InChI is InChI=1S/C30H33F2N7O3S2/c1-29(2)12-16(13-30(3,4)39-29)34-27(41)38-28-37-24(33)23(44-28)26-36-22(14-43-26)18-10-21(20(32)11-19(18)31)35-25(40)15-7-6-8-17(9-15)42-5/h6-11,14,16,39H,12-13,33H2,1-5H3,(H,35,40)(H2,34,37,38,41). The Bertz CT molecular complexity index is 1700. The normalized spacial score (nSPS) is 15.9. The number of rotatable bonds is 7. The van der Waals surface area contributed by atoms with Gasteiger partial charge in [-0.2, -0.15) is 0 Å². The largest absolute Gasteiger partial charge is 0.497 e. The first kappa shape index (κ1) is 31.3. The van der Waals surface area contributed by atoms with Gasteiger partial charge in [0.15, 0.2) is 5.13 Å². The first-order chi connectivity index (χ1) is 20.7. The zero-order chi connectivity index (χ0) is 31.8. The Hall–Kier alpha value is -4.14. The lowest BCUT2D eigenvalue weighted by Gasteiger charge is -2.46. The molecule has 2 aromatic carbocycles. The number of hydrogen-bond donors (Lipinski definition) is 5. The van der Waals surface area contributed by atoms with E-state index in [1.165, 1.54) is 30.6 Å². The van der Waals surface area contributed by atoms with Crippen LogP contribution in [0.15, 0.2) is 41.8 Å². The number of nitrogens with zero attached hydrogens (tertiary/aromatic N) is 2. The van der Waals surface area contributed by atoms with E-state index in [2.05, 4.69) is 58.9 Å². The highest BCUT2D eigenvalue weighted by Gasteiger charge is 2.38. The molecule has 1 aliphatic rings. The summed E-state index contributed by atoms with van der Waals surface area (Å²) in [6.07, 6.45) is 1.53. The van der Waals surface area contributed by atoms with E-state index in [1.807, 2.05) is 0 Å². The minimum absolute atomic E-state index is 0.0107. The monoisotopic (exact) mass is 641 g/mol. The number of thiazole rings is 2. The van der Waals surface area contributed by atoms with Crippen molar-refractivity contribution in [2.75, 3.05) is 23.5 Å². The molecule has 44 heavy (non-hydrogen) atoms. The zero-order valence-corrected chi connectivity index (χ0v) is 26.4. The molecule has 0 aliphatic carbocycles. The second kappa shape index (κ2) is 12.1. The van der Waals surface area contributed by atoms with Crippen molar-refractivity contribution in [2.45, 2.75) is 57.7 Å². The number of methoxy groups -OCH3 is 1. The molecule has 0 spiro atoms. The molecule has 5 rings (SSSR count). The molecular weight excluding hydrogens is 609 g/mol. The third-order valence-electron chi connectivity index (χ3n) is 7.01. The van der Waals surface area contributed by atoms with Crippen molar-refractivity contribution >= 4 is 51.2 Å². The van der Waals surface area contributed by atoms with Crippen LogP contribution in [0.3, 0.4) is 0 Å². The van der Waals surface area contributed by atoms with Gasteiger partial charge in [-0.25, -0.2) is 23.5 Å². The van der Waals surface area contributed by atoms with Crippen LogP contribution in [0.2, 0.25) is 0 Å². The topological polar surface area (TPSA) is 143 Å². The fraction of sp³-hybridized carbons (Fsp3) is 0.333. The van der Waals surface area contributed by atoms with E-state index in [1.54, 1.807) is 23.6 Å². The predicted octanol–water partition coefficient (Wildman–Crippen LogP) is 6.49. The highest BCUT2D eigenvalue weighted by atomic mass is 32.1. The average Bonchev–Trinajstić information content (AvgIpc) is 3.54. The molecule has 0 saturated carbocycles. The average molecular weight is 642 g/mol. The van der Waals surface area contributed by atoms with Crippen LogP contribution in [-0.2, 0) is 0 Å². The Labute approximate surface area is 261 Å². The fourth-order valence-electron chi connectivity index (χ4n) is 5.58. The van der Waals surface area contributed by atoms with Crippen LogP contribution in [0.25, 0.3) is 21.1 Å². The van der Waals surface area contributed by atoms with Crippen molar-refractivity contribution in [1.29, 1.82) is 0 Å². The maximum atomic E-state index is 14.9. The van der Waals surface area contributed by atoms with Crippen LogP contribution in [0, 0.1) is 11.6 Å². The molecule has 0 radical (unpaired) electrons. The molecule has 6 N–H and O–H groups in total. The van der Waals surface area contributed by atoms with E-state index < -0.39 is 17.5 Å². The summed E-state index contributed by atoms with van der Waals surface area (Å²) in [6, 6.07) is 7.83. The first-order valence-electron chi connectivity index (χ1n) is 13.8. The van der Waals surface area contributed by atoms with Gasteiger partial charge in [0, 0.05) is 39.7 Å². The summed E-state index contributed by atoms with van der Waals surface area (Å²) in [4.78, 5) is 34.8. The molecule has 0 bridgehead atoms. The van der Waals surface area contributed by atoms with Crippen LogP contribution >= 0.6 is 22.7 Å². The van der Waals surface area contributed by atoms with Gasteiger partial charge in [0.2, 0.25) is 0 Å². The summed E-state index contributed by atoms with van der Waals surface area (Å²) in [6.45, 7) is 8.42. The number of ether oxygens (including phenoxy) is 1. The highest BCUT2D eigenvalue weighted by molar-refractivity contribution is 7.23. The Kier molecular flexibility index (Phi) is 8.60. The molecule has 1 fully saturated rings. The van der Waals surface area contributed by atoms with Gasteiger partial charge in [-0.3, -0.25) is 10.1 Å². The van der Waals surface area contributed by atoms with E-state index in [4.69, 9.17) is 10.5 Å². The van der Waals surface area contributed by atoms with Gasteiger partial charge in [-0.15, -0.1) is 11.3 Å². The van der Waals surface area contributed by atoms with Crippen molar-refractivity contribution in [3.05, 3.63) is 59.0 Å². The summed E-state index contributed by atoms with van der Waals surface area (Å²) in [5.74, 6) is -1.76. The van der Waals surface area contributed by atoms with E-state index in [0.29, 0.717) is 21.7 Å². The number of piperidine rings is 1. The molecule has 3 heterocycles. The van der Waals surface area contributed by atoms with Crippen LogP contribution < -0.4 is 31.7 Å². The Morgan fingerprint density at radius 1 is 1.05 bits per heavy atom. The van der Waals surface area contributed by atoms with Gasteiger partial charge in [-0.05, 0) is 64.8 Å². The van der Waals surface area contributed by atoms with Crippen molar-refractivity contribution in [1.82, 2.24) is 20.6 Å². The van der Waals surface area contributed by atoms with Crippen molar-refractivity contribution in [3.8, 4) is 26.9 Å². The highest BCUT2D eigenvalue weighted by Crippen LogP contribution is 2.39. The van der Waals surface area contributed by atoms with Gasteiger partial charge in [0.25, 0.3) is 5.91 Å². The van der Waals surface area contributed by atoms with E-state index >= 15 is 0 Å². The molecule has 14 heteroatoms. The van der Waals surface area contributed by atoms with Crippen LogP contribution in [0.4, 0.5) is 30.2 Å². The summed E-state index contributed by atoms with van der Waals surface area (Å²) >= 11 is 2.32. The minimum atomic E-state index is -0.935. The SMILES string of the molecule is COc1cccc(C(=O)Nc2cc(-c3csc(-c4sc(NC(=O)NC5CC(C)(C)NC(C)(C)C5)nc4N)n3)c(F)cc2F)c1. The van der Waals surface area contributed by atoms with Crippen molar-refractivity contribution in [2.24, 2.45) is 0 Å². The number of benzene rings is 2. The van der Waals surface area contributed by atoms with E-state index in [0.717, 1.165) is 24.2 Å². The number of anilines is 3. The molecule has 2 aromatic heterocycles. The number of halogens is 2. The molecule has 1 aliphatic heterocycles. The Morgan fingerprint density at radius 3 is 2.48 bits per heavy atom. The van der Waals surface area contributed by atoms with Crippen LogP contribution in [0.1, 0.15) is 50.9 Å². The molecule has 232 valence electrons. The van der Waals surface area contributed by atoms with Gasteiger partial charge >= 0.3 is 6.03 Å². The van der Waals surface area contributed by atoms with Crippen LogP contribution in [0.5, 0.6) is 5.75 Å². The van der Waals surface area contributed by atoms with Gasteiger partial charge in [0.1, 0.15) is 33.1 Å². The summed E-state index contributed by atoms with van der Waals surface area (Å²) in [5, 5.41) is 14.2. The van der Waals surface area contributed by atoms with Gasteiger partial charge in [0.05, 0.1) is 18.5 Å².